The lowest BCUT2D eigenvalue weighted by atomic mass is 10.2. The lowest BCUT2D eigenvalue weighted by Crippen LogP contribution is -2.27. The molecular weight excluding hydrogens is 252 g/mol. The van der Waals surface area contributed by atoms with Crippen molar-refractivity contribution >= 4 is 23.4 Å². The Morgan fingerprint density at radius 3 is 2.18 bits per heavy atom. The van der Waals surface area contributed by atoms with E-state index in [1.807, 2.05) is 5.32 Å². The predicted octanol–water partition coefficient (Wildman–Crippen LogP) is 3.97. The van der Waals surface area contributed by atoms with E-state index in [1.165, 1.54) is 0 Å². The summed E-state index contributed by atoms with van der Waals surface area (Å²) < 4.78 is 31.5. The van der Waals surface area contributed by atoms with E-state index < -0.39 is 29.0 Å². The normalized spacial score (nSPS) is 11.2. The zero-order valence-corrected chi connectivity index (χ0v) is 10.4. The summed E-state index contributed by atoms with van der Waals surface area (Å²) in [5.41, 5.74) is -1.33. The fraction of sp³-hybridized carbons (Fsp3) is 0.364. The number of benzene rings is 1. The first-order valence-electron chi connectivity index (χ1n) is 4.83. The third-order valence-electron chi connectivity index (χ3n) is 1.63. The van der Waals surface area contributed by atoms with Crippen molar-refractivity contribution in [2.45, 2.75) is 26.4 Å². The average Bonchev–Trinajstić information content (AvgIpc) is 2.08. The largest absolute Gasteiger partial charge is 0.444 e. The zero-order valence-electron chi connectivity index (χ0n) is 9.61. The Morgan fingerprint density at radius 1 is 1.29 bits per heavy atom. The molecular formula is C11H12ClF2NO2. The number of carbonyl (C=O) groups excluding carboxylic acids is 1. The molecule has 0 aromatic heterocycles. The van der Waals surface area contributed by atoms with Gasteiger partial charge in [-0.2, -0.15) is 0 Å². The van der Waals surface area contributed by atoms with Crippen molar-refractivity contribution < 1.29 is 18.3 Å². The number of ether oxygens (including phenoxy) is 1. The van der Waals surface area contributed by atoms with Crippen LogP contribution in [-0.2, 0) is 4.74 Å². The second kappa shape index (κ2) is 4.87. The molecule has 0 spiro atoms. The summed E-state index contributed by atoms with van der Waals surface area (Å²) in [6, 6.07) is 1.80. The van der Waals surface area contributed by atoms with Gasteiger partial charge in [-0.3, -0.25) is 5.32 Å². The van der Waals surface area contributed by atoms with Gasteiger partial charge in [0.15, 0.2) is 11.6 Å². The van der Waals surface area contributed by atoms with Crippen LogP contribution in [-0.4, -0.2) is 11.7 Å². The summed E-state index contributed by atoms with van der Waals surface area (Å²) in [4.78, 5) is 11.3. The van der Waals surface area contributed by atoms with Crippen LogP contribution in [0.15, 0.2) is 12.1 Å². The number of anilines is 1. The van der Waals surface area contributed by atoms with Crippen molar-refractivity contribution in [1.82, 2.24) is 0 Å². The highest BCUT2D eigenvalue weighted by Gasteiger charge is 2.19. The van der Waals surface area contributed by atoms with Crippen molar-refractivity contribution in [3.63, 3.8) is 0 Å². The molecule has 0 radical (unpaired) electrons. The van der Waals surface area contributed by atoms with Gasteiger partial charge >= 0.3 is 6.09 Å². The molecule has 0 unspecified atom stereocenters. The number of hydrogen-bond donors (Lipinski definition) is 1. The van der Waals surface area contributed by atoms with Crippen molar-refractivity contribution in [1.29, 1.82) is 0 Å². The minimum atomic E-state index is -0.958. The molecule has 0 aliphatic rings. The Balaban J connectivity index is 2.86. The summed E-state index contributed by atoms with van der Waals surface area (Å²) in [7, 11) is 0. The second-order valence-electron chi connectivity index (χ2n) is 4.37. The molecule has 0 saturated carbocycles. The number of hydrogen-bond acceptors (Lipinski definition) is 2. The van der Waals surface area contributed by atoms with Crippen molar-refractivity contribution in [3.8, 4) is 0 Å². The number of carbonyl (C=O) groups is 1. The van der Waals surface area contributed by atoms with Gasteiger partial charge in [0.1, 0.15) is 11.3 Å². The van der Waals surface area contributed by atoms with Gasteiger partial charge in [-0.25, -0.2) is 13.6 Å². The zero-order chi connectivity index (χ0) is 13.2. The molecule has 94 valence electrons. The maximum absolute atomic E-state index is 13.3. The molecule has 17 heavy (non-hydrogen) atoms. The highest BCUT2D eigenvalue weighted by atomic mass is 35.5. The first-order chi connectivity index (χ1) is 7.69. The topological polar surface area (TPSA) is 38.3 Å². The first kappa shape index (κ1) is 13.7. The van der Waals surface area contributed by atoms with Crippen LogP contribution >= 0.6 is 11.6 Å². The van der Waals surface area contributed by atoms with Crippen LogP contribution in [0.1, 0.15) is 20.8 Å². The molecule has 6 heteroatoms. The molecule has 0 saturated heterocycles. The molecule has 1 N–H and O–H groups in total. The van der Waals surface area contributed by atoms with Gasteiger partial charge in [0, 0.05) is 5.02 Å². The summed E-state index contributed by atoms with van der Waals surface area (Å²) in [6.07, 6.45) is -0.933. The van der Waals surface area contributed by atoms with Crippen LogP contribution in [0, 0.1) is 11.6 Å². The average molecular weight is 264 g/mol. The number of halogens is 3. The van der Waals surface area contributed by atoms with Crippen LogP contribution in [0.4, 0.5) is 19.3 Å². The Bertz CT molecular complexity index is 421. The van der Waals surface area contributed by atoms with Gasteiger partial charge in [-0.1, -0.05) is 11.6 Å². The molecule has 0 aliphatic carbocycles. The second-order valence-corrected chi connectivity index (χ2v) is 4.81. The molecule has 0 atom stereocenters. The summed E-state index contributed by atoms with van der Waals surface area (Å²) >= 11 is 5.44. The molecule has 0 heterocycles. The first-order valence-corrected chi connectivity index (χ1v) is 5.21. The fourth-order valence-electron chi connectivity index (χ4n) is 1.07. The van der Waals surface area contributed by atoms with Gasteiger partial charge in [0.05, 0.1) is 0 Å². The highest BCUT2D eigenvalue weighted by molar-refractivity contribution is 6.30. The van der Waals surface area contributed by atoms with E-state index in [2.05, 4.69) is 0 Å². The SMILES string of the molecule is CC(C)(C)OC(=O)Nc1c(F)cc(Cl)cc1F. The Morgan fingerprint density at radius 2 is 1.76 bits per heavy atom. The van der Waals surface area contributed by atoms with Crippen molar-refractivity contribution in [3.05, 3.63) is 28.8 Å². The third kappa shape index (κ3) is 4.19. The fourth-order valence-corrected chi connectivity index (χ4v) is 1.26. The van der Waals surface area contributed by atoms with Gasteiger partial charge in [0.25, 0.3) is 0 Å². The number of rotatable bonds is 1. The Hall–Kier alpha value is -1.36. The van der Waals surface area contributed by atoms with E-state index in [0.29, 0.717) is 0 Å². The minimum Gasteiger partial charge on any atom is -0.444 e. The Kier molecular flexibility index (Phi) is 3.93. The van der Waals surface area contributed by atoms with Gasteiger partial charge in [-0.15, -0.1) is 0 Å². The van der Waals surface area contributed by atoms with Crippen LogP contribution in [0.2, 0.25) is 5.02 Å². The maximum Gasteiger partial charge on any atom is 0.412 e. The van der Waals surface area contributed by atoms with Crippen LogP contribution in [0.5, 0.6) is 0 Å². The van der Waals surface area contributed by atoms with E-state index in [0.717, 1.165) is 12.1 Å². The van der Waals surface area contributed by atoms with E-state index in [9.17, 15) is 13.6 Å². The highest BCUT2D eigenvalue weighted by Crippen LogP contribution is 2.24. The number of nitrogens with one attached hydrogen (secondary N) is 1. The van der Waals surface area contributed by atoms with E-state index >= 15 is 0 Å². The third-order valence-corrected chi connectivity index (χ3v) is 1.85. The number of amides is 1. The molecule has 1 aromatic carbocycles. The summed E-state index contributed by atoms with van der Waals surface area (Å²) in [5, 5.41) is 1.90. The van der Waals surface area contributed by atoms with Crippen LogP contribution in [0.3, 0.4) is 0 Å². The molecule has 1 aromatic rings. The molecule has 3 nitrogen and oxygen atoms in total. The maximum atomic E-state index is 13.3. The molecule has 1 amide bonds. The standard InChI is InChI=1S/C11H12ClF2NO2/c1-11(2,3)17-10(16)15-9-7(13)4-6(12)5-8(9)14/h4-5H,1-3H3,(H,15,16). The van der Waals surface area contributed by atoms with E-state index in [1.54, 1.807) is 20.8 Å². The lowest BCUT2D eigenvalue weighted by Gasteiger charge is -2.20. The monoisotopic (exact) mass is 263 g/mol. The molecule has 0 aliphatic heterocycles. The summed E-state index contributed by atoms with van der Waals surface area (Å²) in [6.45, 7) is 4.92. The quantitative estimate of drug-likeness (QED) is 0.833. The van der Waals surface area contributed by atoms with Crippen LogP contribution < -0.4 is 5.32 Å². The van der Waals surface area contributed by atoms with Crippen LogP contribution in [0.25, 0.3) is 0 Å². The van der Waals surface area contributed by atoms with Crippen molar-refractivity contribution in [2.75, 3.05) is 5.32 Å². The predicted molar refractivity (Wildman–Crippen MR) is 61.2 cm³/mol. The molecule has 0 fully saturated rings. The minimum absolute atomic E-state index is 0.0882. The van der Waals surface area contributed by atoms with E-state index in [-0.39, 0.29) is 5.02 Å². The van der Waals surface area contributed by atoms with E-state index in [4.69, 9.17) is 16.3 Å². The van der Waals surface area contributed by atoms with Crippen molar-refractivity contribution in [2.24, 2.45) is 0 Å². The lowest BCUT2D eigenvalue weighted by molar-refractivity contribution is 0.0634. The summed E-state index contributed by atoms with van der Waals surface area (Å²) in [5.74, 6) is -1.92. The molecule has 1 rings (SSSR count). The van der Waals surface area contributed by atoms with Gasteiger partial charge < -0.3 is 4.74 Å². The smallest absolute Gasteiger partial charge is 0.412 e. The van der Waals surface area contributed by atoms with Gasteiger partial charge in [0.2, 0.25) is 0 Å². The Labute approximate surface area is 103 Å². The van der Waals surface area contributed by atoms with Gasteiger partial charge in [-0.05, 0) is 32.9 Å². The molecule has 0 bridgehead atoms.